The minimum Gasteiger partial charge on any atom is -0.481 e. The van der Waals surface area contributed by atoms with Crippen molar-refractivity contribution in [2.24, 2.45) is 5.73 Å². The number of hydrogen-bond acceptors (Lipinski definition) is 3. The van der Waals surface area contributed by atoms with Gasteiger partial charge in [0.05, 0.1) is 6.42 Å². The lowest BCUT2D eigenvalue weighted by molar-refractivity contribution is -0.138. The zero-order valence-corrected chi connectivity index (χ0v) is 12.4. The Bertz CT molecular complexity index is 731. The van der Waals surface area contributed by atoms with Gasteiger partial charge in [-0.3, -0.25) is 15.0 Å². The zero-order chi connectivity index (χ0) is 15.4. The first-order valence-electron chi connectivity index (χ1n) is 6.37. The minimum atomic E-state index is -1.01. The van der Waals surface area contributed by atoms with Crippen molar-refractivity contribution in [1.29, 1.82) is 5.41 Å². The van der Waals surface area contributed by atoms with Crippen LogP contribution in [-0.4, -0.2) is 22.8 Å². The van der Waals surface area contributed by atoms with Gasteiger partial charge in [-0.25, -0.2) is 0 Å². The molecule has 22 heavy (non-hydrogen) atoms. The number of rotatable bonds is 5. The van der Waals surface area contributed by atoms with E-state index in [0.29, 0.717) is 11.3 Å². The molecule has 0 unspecified atom stereocenters. The Kier molecular flexibility index (Phi) is 5.89. The molecule has 0 heterocycles. The maximum absolute atomic E-state index is 11.7. The van der Waals surface area contributed by atoms with Crippen LogP contribution in [0.15, 0.2) is 36.4 Å². The molecule has 5 N–H and O–H groups in total. The molecular weight excluding hydrogens is 306 g/mol. The molecule has 0 saturated heterocycles. The van der Waals surface area contributed by atoms with Crippen LogP contribution in [0.25, 0.3) is 10.8 Å². The summed E-state index contributed by atoms with van der Waals surface area (Å²) < 4.78 is 0. The van der Waals surface area contributed by atoms with Crippen molar-refractivity contribution in [2.75, 3.05) is 5.32 Å². The van der Waals surface area contributed by atoms with Crippen LogP contribution in [0, 0.1) is 5.41 Å². The van der Waals surface area contributed by atoms with Crippen LogP contribution in [0.4, 0.5) is 5.69 Å². The third kappa shape index (κ3) is 3.95. The van der Waals surface area contributed by atoms with Crippen molar-refractivity contribution in [2.45, 2.75) is 12.8 Å². The van der Waals surface area contributed by atoms with Gasteiger partial charge in [0, 0.05) is 23.1 Å². The summed E-state index contributed by atoms with van der Waals surface area (Å²) in [5.41, 5.74) is 6.71. The number of amidine groups is 1. The third-order valence-corrected chi connectivity index (χ3v) is 3.05. The van der Waals surface area contributed by atoms with Crippen molar-refractivity contribution in [3.63, 3.8) is 0 Å². The zero-order valence-electron chi connectivity index (χ0n) is 11.6. The Morgan fingerprint density at radius 1 is 1.09 bits per heavy atom. The minimum absolute atomic E-state index is 0. The van der Waals surface area contributed by atoms with Gasteiger partial charge in [0.1, 0.15) is 5.84 Å². The SMILES string of the molecule is Cl.N=C(N)c1ccc(NC(=O)CCC(=O)O)c2ccccc12. The van der Waals surface area contributed by atoms with E-state index in [-0.39, 0.29) is 37.0 Å². The number of carboxylic acids is 1. The Balaban J connectivity index is 0.00000242. The first-order chi connectivity index (χ1) is 9.99. The average Bonchev–Trinajstić information content (AvgIpc) is 2.45. The molecule has 7 heteroatoms. The summed E-state index contributed by atoms with van der Waals surface area (Å²) in [4.78, 5) is 22.2. The maximum Gasteiger partial charge on any atom is 0.303 e. The number of carbonyl (C=O) groups is 2. The molecule has 0 spiro atoms. The second-order valence-corrected chi connectivity index (χ2v) is 4.56. The van der Waals surface area contributed by atoms with Crippen molar-refractivity contribution >= 4 is 46.6 Å². The van der Waals surface area contributed by atoms with E-state index in [9.17, 15) is 9.59 Å². The van der Waals surface area contributed by atoms with Crippen LogP contribution in [0.5, 0.6) is 0 Å². The number of halogens is 1. The molecule has 0 aliphatic rings. The van der Waals surface area contributed by atoms with Gasteiger partial charge >= 0.3 is 5.97 Å². The molecule has 1 amide bonds. The fraction of sp³-hybridized carbons (Fsp3) is 0.133. The fourth-order valence-corrected chi connectivity index (χ4v) is 2.08. The number of carboxylic acid groups (broad SMARTS) is 1. The first-order valence-corrected chi connectivity index (χ1v) is 6.37. The number of amides is 1. The summed E-state index contributed by atoms with van der Waals surface area (Å²) in [5.74, 6) is -1.42. The van der Waals surface area contributed by atoms with Gasteiger partial charge in [-0.15, -0.1) is 12.4 Å². The molecule has 0 radical (unpaired) electrons. The molecule has 2 rings (SSSR count). The normalized spacial score (nSPS) is 9.82. The van der Waals surface area contributed by atoms with E-state index in [1.54, 1.807) is 12.1 Å². The van der Waals surface area contributed by atoms with Gasteiger partial charge in [-0.2, -0.15) is 0 Å². The van der Waals surface area contributed by atoms with Gasteiger partial charge < -0.3 is 16.2 Å². The number of aliphatic carboxylic acids is 1. The Labute approximate surface area is 133 Å². The van der Waals surface area contributed by atoms with Crippen molar-refractivity contribution in [3.8, 4) is 0 Å². The second-order valence-electron chi connectivity index (χ2n) is 4.56. The molecule has 0 aliphatic carbocycles. The van der Waals surface area contributed by atoms with Gasteiger partial charge in [-0.05, 0) is 17.5 Å². The van der Waals surface area contributed by atoms with E-state index in [0.717, 1.165) is 10.8 Å². The lowest BCUT2D eigenvalue weighted by Crippen LogP contribution is -2.15. The lowest BCUT2D eigenvalue weighted by atomic mass is 10.0. The topological polar surface area (TPSA) is 116 Å². The number of fused-ring (bicyclic) bond motifs is 1. The summed E-state index contributed by atoms with van der Waals surface area (Å²) in [7, 11) is 0. The molecule has 2 aromatic rings. The lowest BCUT2D eigenvalue weighted by Gasteiger charge is -2.11. The monoisotopic (exact) mass is 321 g/mol. The Hall–Kier alpha value is -2.60. The predicted molar refractivity (Wildman–Crippen MR) is 87.7 cm³/mol. The summed E-state index contributed by atoms with van der Waals surface area (Å²) in [6.45, 7) is 0. The molecule has 0 aromatic heterocycles. The summed E-state index contributed by atoms with van der Waals surface area (Å²) >= 11 is 0. The summed E-state index contributed by atoms with van der Waals surface area (Å²) in [6, 6.07) is 10.6. The standard InChI is InChI=1S/C15H15N3O3.ClH/c16-15(17)11-5-6-12(10-4-2-1-3-9(10)11)18-13(19)7-8-14(20)21;/h1-6H,7-8H2,(H3,16,17)(H,18,19)(H,20,21);1H. The van der Waals surface area contributed by atoms with Gasteiger partial charge in [0.25, 0.3) is 0 Å². The smallest absolute Gasteiger partial charge is 0.303 e. The highest BCUT2D eigenvalue weighted by Crippen LogP contribution is 2.26. The van der Waals surface area contributed by atoms with Gasteiger partial charge in [-0.1, -0.05) is 24.3 Å². The van der Waals surface area contributed by atoms with Crippen LogP contribution in [-0.2, 0) is 9.59 Å². The predicted octanol–water partition coefficient (Wildman–Crippen LogP) is 2.35. The highest BCUT2D eigenvalue weighted by atomic mass is 35.5. The largest absolute Gasteiger partial charge is 0.481 e. The van der Waals surface area contributed by atoms with E-state index in [4.69, 9.17) is 16.2 Å². The summed E-state index contributed by atoms with van der Waals surface area (Å²) in [5, 5.41) is 20.4. The molecular formula is C15H16ClN3O3. The molecule has 0 bridgehead atoms. The number of nitrogens with two attached hydrogens (primary N) is 1. The van der Waals surface area contributed by atoms with E-state index in [1.807, 2.05) is 24.3 Å². The quantitative estimate of drug-likeness (QED) is 0.499. The molecule has 0 fully saturated rings. The number of hydrogen-bond donors (Lipinski definition) is 4. The Morgan fingerprint density at radius 2 is 1.73 bits per heavy atom. The van der Waals surface area contributed by atoms with Crippen molar-refractivity contribution < 1.29 is 14.7 Å². The molecule has 0 saturated carbocycles. The number of nitrogen functional groups attached to an aromatic ring is 1. The Morgan fingerprint density at radius 3 is 2.32 bits per heavy atom. The molecule has 0 atom stereocenters. The van der Waals surface area contributed by atoms with E-state index in [2.05, 4.69) is 5.32 Å². The number of anilines is 1. The maximum atomic E-state index is 11.7. The van der Waals surface area contributed by atoms with E-state index >= 15 is 0 Å². The van der Waals surface area contributed by atoms with Crippen molar-refractivity contribution in [1.82, 2.24) is 0 Å². The average molecular weight is 322 g/mol. The molecule has 2 aromatic carbocycles. The van der Waals surface area contributed by atoms with Crippen LogP contribution in [0.3, 0.4) is 0 Å². The summed E-state index contributed by atoms with van der Waals surface area (Å²) in [6.07, 6.45) is -0.298. The fourth-order valence-electron chi connectivity index (χ4n) is 2.08. The van der Waals surface area contributed by atoms with E-state index in [1.165, 1.54) is 0 Å². The molecule has 6 nitrogen and oxygen atoms in total. The van der Waals surface area contributed by atoms with Crippen LogP contribution >= 0.6 is 12.4 Å². The molecule has 0 aliphatic heterocycles. The first kappa shape index (κ1) is 17.5. The number of nitrogens with one attached hydrogen (secondary N) is 2. The van der Waals surface area contributed by atoms with E-state index < -0.39 is 5.97 Å². The van der Waals surface area contributed by atoms with Gasteiger partial charge in [0.2, 0.25) is 5.91 Å². The van der Waals surface area contributed by atoms with Gasteiger partial charge in [0.15, 0.2) is 0 Å². The second kappa shape index (κ2) is 7.42. The highest BCUT2D eigenvalue weighted by Gasteiger charge is 2.11. The van der Waals surface area contributed by atoms with Crippen LogP contribution < -0.4 is 11.1 Å². The highest BCUT2D eigenvalue weighted by molar-refractivity contribution is 6.12. The number of carbonyl (C=O) groups excluding carboxylic acids is 1. The number of benzene rings is 2. The molecule has 116 valence electrons. The van der Waals surface area contributed by atoms with Crippen molar-refractivity contribution in [3.05, 3.63) is 42.0 Å². The third-order valence-electron chi connectivity index (χ3n) is 3.05. The van der Waals surface area contributed by atoms with Crippen LogP contribution in [0.2, 0.25) is 0 Å². The van der Waals surface area contributed by atoms with Crippen LogP contribution in [0.1, 0.15) is 18.4 Å².